The van der Waals surface area contributed by atoms with Gasteiger partial charge in [0, 0.05) is 35.2 Å². The van der Waals surface area contributed by atoms with Crippen molar-refractivity contribution >= 4 is 28.9 Å². The zero-order chi connectivity index (χ0) is 19.9. The lowest BCUT2D eigenvalue weighted by atomic mass is 9.85. The number of aryl methyl sites for hydroxylation is 1. The highest BCUT2D eigenvalue weighted by Gasteiger charge is 2.30. The Morgan fingerprint density at radius 2 is 2.25 bits per heavy atom. The topological polar surface area (TPSA) is 52.6 Å². The second kappa shape index (κ2) is 10.2. The molecular formula is C21H30ClN5S. The number of aromatic nitrogens is 1. The zero-order valence-electron chi connectivity index (χ0n) is 16.9. The lowest BCUT2D eigenvalue weighted by Gasteiger charge is -2.40. The predicted octanol–water partition coefficient (Wildman–Crippen LogP) is 4.24. The first kappa shape index (κ1) is 21.1. The number of halogens is 1. The number of likely N-dealkylation sites (tertiary alicyclic amines) is 1. The molecule has 1 saturated heterocycles. The first-order valence-electron chi connectivity index (χ1n) is 9.96. The van der Waals surface area contributed by atoms with E-state index in [4.69, 9.17) is 16.6 Å². The normalized spacial score (nSPS) is 20.9. The van der Waals surface area contributed by atoms with E-state index in [1.54, 1.807) is 11.3 Å². The molecule has 7 heteroatoms. The molecule has 0 amide bonds. The molecule has 0 radical (unpaired) electrons. The molecule has 2 unspecified atom stereocenters. The second-order valence-corrected chi connectivity index (χ2v) is 9.06. The fraction of sp³-hybridized carbons (Fsp3) is 0.524. The fourth-order valence-electron chi connectivity index (χ4n) is 3.90. The minimum Gasteiger partial charge on any atom is -0.357 e. The van der Waals surface area contributed by atoms with Crippen molar-refractivity contribution < 1.29 is 0 Å². The third kappa shape index (κ3) is 5.69. The number of guanidine groups is 1. The smallest absolute Gasteiger partial charge is 0.191 e. The molecule has 2 aromatic rings. The first-order chi connectivity index (χ1) is 13.6. The molecule has 2 atom stereocenters. The van der Waals surface area contributed by atoms with Crippen LogP contribution >= 0.6 is 22.9 Å². The van der Waals surface area contributed by atoms with E-state index in [0.29, 0.717) is 18.5 Å². The maximum atomic E-state index is 6.26. The van der Waals surface area contributed by atoms with Gasteiger partial charge < -0.3 is 10.6 Å². The van der Waals surface area contributed by atoms with Gasteiger partial charge in [0.2, 0.25) is 0 Å². The van der Waals surface area contributed by atoms with Crippen LogP contribution in [0.25, 0.3) is 0 Å². The van der Waals surface area contributed by atoms with E-state index in [9.17, 15) is 0 Å². The monoisotopic (exact) mass is 419 g/mol. The number of thiazole rings is 1. The maximum absolute atomic E-state index is 6.26. The number of nitrogens with one attached hydrogen (secondary N) is 2. The Kier molecular flexibility index (Phi) is 7.71. The molecule has 0 saturated carbocycles. The summed E-state index contributed by atoms with van der Waals surface area (Å²) < 4.78 is 0. The Labute approximate surface area is 177 Å². The van der Waals surface area contributed by atoms with E-state index in [0.717, 1.165) is 35.6 Å². The Morgan fingerprint density at radius 3 is 2.96 bits per heavy atom. The molecule has 1 fully saturated rings. The minimum atomic E-state index is 0.368. The number of nitrogens with zero attached hydrogens (tertiary/aromatic N) is 3. The van der Waals surface area contributed by atoms with E-state index in [-0.39, 0.29) is 0 Å². The van der Waals surface area contributed by atoms with Crippen LogP contribution in [0.2, 0.25) is 5.02 Å². The van der Waals surface area contributed by atoms with E-state index in [1.807, 2.05) is 25.3 Å². The molecule has 1 aromatic carbocycles. The van der Waals surface area contributed by atoms with E-state index < -0.39 is 0 Å². The molecule has 28 heavy (non-hydrogen) atoms. The van der Waals surface area contributed by atoms with Crippen molar-refractivity contribution in [3.05, 3.63) is 50.9 Å². The van der Waals surface area contributed by atoms with Crippen LogP contribution in [-0.4, -0.2) is 42.5 Å². The molecule has 2 N–H and O–H groups in total. The van der Waals surface area contributed by atoms with Gasteiger partial charge in [-0.05, 0) is 63.9 Å². The number of benzene rings is 1. The highest BCUT2D eigenvalue weighted by atomic mass is 35.5. The molecule has 2 heterocycles. The number of aliphatic imine (C=N–C) groups is 1. The summed E-state index contributed by atoms with van der Waals surface area (Å²) >= 11 is 7.96. The summed E-state index contributed by atoms with van der Waals surface area (Å²) in [5.41, 5.74) is 1.29. The average Bonchev–Trinajstić information content (AvgIpc) is 3.09. The third-order valence-corrected chi connectivity index (χ3v) is 6.27. The van der Waals surface area contributed by atoms with Gasteiger partial charge in [-0.25, -0.2) is 9.98 Å². The third-order valence-electron chi connectivity index (χ3n) is 5.14. The van der Waals surface area contributed by atoms with Gasteiger partial charge in [0.1, 0.15) is 0 Å². The number of hydrogen-bond acceptors (Lipinski definition) is 4. The highest BCUT2D eigenvalue weighted by molar-refractivity contribution is 7.11. The fourth-order valence-corrected chi connectivity index (χ4v) is 4.81. The molecule has 3 rings (SSSR count). The average molecular weight is 420 g/mol. The summed E-state index contributed by atoms with van der Waals surface area (Å²) in [4.78, 5) is 12.7. The van der Waals surface area contributed by atoms with Crippen LogP contribution in [0.5, 0.6) is 0 Å². The van der Waals surface area contributed by atoms with Crippen molar-refractivity contribution in [2.24, 2.45) is 10.9 Å². The van der Waals surface area contributed by atoms with Gasteiger partial charge in [-0.2, -0.15) is 0 Å². The Bertz CT molecular complexity index is 791. The van der Waals surface area contributed by atoms with Crippen molar-refractivity contribution in [2.45, 2.75) is 39.3 Å². The van der Waals surface area contributed by atoms with Gasteiger partial charge in [0.15, 0.2) is 5.96 Å². The van der Waals surface area contributed by atoms with Crippen LogP contribution in [0.15, 0.2) is 35.5 Å². The predicted molar refractivity (Wildman–Crippen MR) is 119 cm³/mol. The summed E-state index contributed by atoms with van der Waals surface area (Å²) in [6.07, 6.45) is 4.33. The number of hydrogen-bond donors (Lipinski definition) is 2. The SMILES string of the molecule is CCNC(=NCc1cnc(C)s1)NCC1CCCN(C)C1c1cccc(Cl)c1. The highest BCUT2D eigenvalue weighted by Crippen LogP contribution is 2.35. The van der Waals surface area contributed by atoms with Gasteiger partial charge in [0.25, 0.3) is 0 Å². The summed E-state index contributed by atoms with van der Waals surface area (Å²) in [5.74, 6) is 1.37. The Hall–Kier alpha value is -1.63. The quantitative estimate of drug-likeness (QED) is 0.543. The molecule has 1 aliphatic heterocycles. The molecule has 1 aliphatic rings. The Balaban J connectivity index is 1.68. The number of rotatable bonds is 6. The summed E-state index contributed by atoms with van der Waals surface area (Å²) in [6.45, 7) is 7.62. The minimum absolute atomic E-state index is 0.368. The lowest BCUT2D eigenvalue weighted by molar-refractivity contribution is 0.122. The zero-order valence-corrected chi connectivity index (χ0v) is 18.5. The van der Waals surface area contributed by atoms with Crippen LogP contribution in [-0.2, 0) is 6.54 Å². The van der Waals surface area contributed by atoms with E-state index >= 15 is 0 Å². The van der Waals surface area contributed by atoms with Crippen LogP contribution in [0.4, 0.5) is 0 Å². The Morgan fingerprint density at radius 1 is 1.39 bits per heavy atom. The van der Waals surface area contributed by atoms with Gasteiger partial charge in [-0.1, -0.05) is 23.7 Å². The number of piperidine rings is 1. The van der Waals surface area contributed by atoms with Crippen molar-refractivity contribution in [1.82, 2.24) is 20.5 Å². The van der Waals surface area contributed by atoms with Crippen molar-refractivity contribution in [2.75, 3.05) is 26.7 Å². The van der Waals surface area contributed by atoms with Gasteiger partial charge in [-0.15, -0.1) is 11.3 Å². The van der Waals surface area contributed by atoms with Crippen LogP contribution < -0.4 is 10.6 Å². The van der Waals surface area contributed by atoms with Crippen molar-refractivity contribution in [3.63, 3.8) is 0 Å². The first-order valence-corrected chi connectivity index (χ1v) is 11.2. The molecule has 0 aliphatic carbocycles. The van der Waals surface area contributed by atoms with Crippen molar-refractivity contribution in [1.29, 1.82) is 0 Å². The molecule has 0 bridgehead atoms. The van der Waals surface area contributed by atoms with Crippen LogP contribution in [0, 0.1) is 12.8 Å². The molecule has 5 nitrogen and oxygen atoms in total. The molecule has 0 spiro atoms. The molecule has 152 valence electrons. The molecule has 1 aromatic heterocycles. The van der Waals surface area contributed by atoms with E-state index in [2.05, 4.69) is 46.6 Å². The lowest BCUT2D eigenvalue weighted by Crippen LogP contribution is -2.45. The van der Waals surface area contributed by atoms with Gasteiger partial charge in [-0.3, -0.25) is 4.90 Å². The standard InChI is InChI=1S/C21H30ClN5S/c1-4-23-21(26-14-19-13-24-15(2)28-19)25-12-17-8-6-10-27(3)20(17)16-7-5-9-18(22)11-16/h5,7,9,11,13,17,20H,4,6,8,10,12,14H2,1-3H3,(H2,23,25,26). The maximum Gasteiger partial charge on any atom is 0.191 e. The van der Waals surface area contributed by atoms with Crippen LogP contribution in [0.1, 0.15) is 41.3 Å². The van der Waals surface area contributed by atoms with Gasteiger partial charge in [0.05, 0.1) is 11.6 Å². The summed E-state index contributed by atoms with van der Waals surface area (Å²) in [7, 11) is 2.21. The largest absolute Gasteiger partial charge is 0.357 e. The summed E-state index contributed by atoms with van der Waals surface area (Å²) in [5, 5.41) is 8.81. The second-order valence-electron chi connectivity index (χ2n) is 7.30. The van der Waals surface area contributed by atoms with E-state index in [1.165, 1.54) is 23.3 Å². The van der Waals surface area contributed by atoms with Crippen molar-refractivity contribution in [3.8, 4) is 0 Å². The van der Waals surface area contributed by atoms with Gasteiger partial charge >= 0.3 is 0 Å². The summed E-state index contributed by atoms with van der Waals surface area (Å²) in [6, 6.07) is 8.65. The molecular weight excluding hydrogens is 390 g/mol. The van der Waals surface area contributed by atoms with Crippen LogP contribution in [0.3, 0.4) is 0 Å².